The summed E-state index contributed by atoms with van der Waals surface area (Å²) in [7, 11) is 0. The fraction of sp³-hybridized carbons (Fsp3) is 0.922. The van der Waals surface area contributed by atoms with E-state index in [9.17, 15) is 61.0 Å². The van der Waals surface area contributed by atoms with Crippen molar-refractivity contribution >= 4 is 5.91 Å². The van der Waals surface area contributed by atoms with E-state index in [1.165, 1.54) is 167 Å². The molecule has 17 unspecified atom stereocenters. The molecule has 0 bridgehead atoms. The molecule has 1 amide bonds. The first-order chi connectivity index (χ1) is 40.3. The van der Waals surface area contributed by atoms with E-state index in [0.717, 1.165) is 44.9 Å². The molecule has 17 atom stereocenters. The Kier molecular flexibility index (Phi) is 43.0. The number of allylic oxidation sites excluding steroid dienone is 3. The highest BCUT2D eigenvalue weighted by molar-refractivity contribution is 5.76. The number of hydrogen-bond acceptors (Lipinski definition) is 18. The van der Waals surface area contributed by atoms with Crippen LogP contribution in [-0.2, 0) is 33.2 Å². The minimum absolute atomic E-state index is 0.237. The normalized spacial score (nSPS) is 29.5. The van der Waals surface area contributed by atoms with Crippen LogP contribution in [0.4, 0.5) is 0 Å². The third-order valence-corrected chi connectivity index (χ3v) is 16.8. The molecule has 3 aliphatic rings. The maximum absolute atomic E-state index is 13.2. The lowest BCUT2D eigenvalue weighted by atomic mass is 9.96. The number of nitrogens with one attached hydrogen (secondary N) is 1. The van der Waals surface area contributed by atoms with E-state index in [0.29, 0.717) is 12.8 Å². The van der Waals surface area contributed by atoms with E-state index < -0.39 is 124 Å². The lowest BCUT2D eigenvalue weighted by molar-refractivity contribution is -0.379. The van der Waals surface area contributed by atoms with Gasteiger partial charge in [-0.25, -0.2) is 0 Å². The first-order valence-corrected chi connectivity index (χ1v) is 33.1. The summed E-state index contributed by atoms with van der Waals surface area (Å²) in [6.45, 7) is 1.67. The van der Waals surface area contributed by atoms with E-state index in [1.54, 1.807) is 6.08 Å². The van der Waals surface area contributed by atoms with Crippen LogP contribution in [0.5, 0.6) is 0 Å². The molecule has 12 N–H and O–H groups in total. The van der Waals surface area contributed by atoms with Crippen LogP contribution in [0.25, 0.3) is 0 Å². The molecule has 19 heteroatoms. The van der Waals surface area contributed by atoms with Gasteiger partial charge in [0.1, 0.15) is 73.2 Å². The van der Waals surface area contributed by atoms with Crippen molar-refractivity contribution in [3.8, 4) is 0 Å². The number of hydrogen-bond donors (Lipinski definition) is 12. The van der Waals surface area contributed by atoms with Crippen LogP contribution < -0.4 is 5.32 Å². The van der Waals surface area contributed by atoms with Gasteiger partial charge in [-0.2, -0.15) is 0 Å². The number of amides is 1. The molecule has 0 radical (unpaired) electrons. The Morgan fingerprint density at radius 1 is 0.422 bits per heavy atom. The fourth-order valence-electron chi connectivity index (χ4n) is 11.3. The van der Waals surface area contributed by atoms with E-state index >= 15 is 0 Å². The van der Waals surface area contributed by atoms with E-state index in [2.05, 4.69) is 31.3 Å². The fourth-order valence-corrected chi connectivity index (χ4v) is 11.3. The lowest BCUT2D eigenvalue weighted by Crippen LogP contribution is -2.66. The Labute approximate surface area is 498 Å². The van der Waals surface area contributed by atoms with Gasteiger partial charge in [-0.1, -0.05) is 231 Å². The molecule has 3 fully saturated rings. The second-order valence-electron chi connectivity index (χ2n) is 23.9. The smallest absolute Gasteiger partial charge is 0.220 e. The Bertz CT molecular complexity index is 1610. The molecule has 0 aromatic carbocycles. The Balaban J connectivity index is 1.38. The maximum Gasteiger partial charge on any atom is 0.220 e. The van der Waals surface area contributed by atoms with Crippen LogP contribution in [0.2, 0.25) is 0 Å². The molecule has 0 saturated carbocycles. The highest BCUT2D eigenvalue weighted by atomic mass is 16.8. The zero-order chi connectivity index (χ0) is 60.5. The van der Waals surface area contributed by atoms with Gasteiger partial charge in [-0.3, -0.25) is 4.79 Å². The molecular formula is C64H119NO18. The summed E-state index contributed by atoms with van der Waals surface area (Å²) in [4.78, 5) is 13.2. The average Bonchev–Trinajstić information content (AvgIpc) is 3.25. The van der Waals surface area contributed by atoms with Crippen LogP contribution >= 0.6 is 0 Å². The molecule has 0 spiro atoms. The van der Waals surface area contributed by atoms with Crippen LogP contribution in [0.15, 0.2) is 24.3 Å². The summed E-state index contributed by atoms with van der Waals surface area (Å²) in [6, 6.07) is -0.984. The molecule has 0 aromatic heterocycles. The summed E-state index contributed by atoms with van der Waals surface area (Å²) in [5.74, 6) is -0.289. The summed E-state index contributed by atoms with van der Waals surface area (Å²) < 4.78 is 34.2. The SMILES string of the molecule is CCCCCCCCCCCCCCCCCCCCCCCCCC/C=C/CC/C=C/C(O)C(COC1OC(CO)C(OC2OC(CO)C(OC3OC(CO)C(O)C(O)C3O)C(O)C2O)C(O)C1O)NC(=O)CCCCCCCCCC. The van der Waals surface area contributed by atoms with Crippen molar-refractivity contribution in [2.75, 3.05) is 26.4 Å². The summed E-state index contributed by atoms with van der Waals surface area (Å²) in [6.07, 6.45) is 25.1. The molecule has 0 aromatic rings. The highest BCUT2D eigenvalue weighted by Crippen LogP contribution is 2.33. The van der Waals surface area contributed by atoms with Gasteiger partial charge in [0.05, 0.1) is 38.6 Å². The Morgan fingerprint density at radius 2 is 0.771 bits per heavy atom. The quantitative estimate of drug-likeness (QED) is 0.0207. The van der Waals surface area contributed by atoms with E-state index in [-0.39, 0.29) is 18.9 Å². The van der Waals surface area contributed by atoms with Crippen molar-refractivity contribution in [3.05, 3.63) is 24.3 Å². The summed E-state index contributed by atoms with van der Waals surface area (Å²) in [5.41, 5.74) is 0. The van der Waals surface area contributed by atoms with Crippen molar-refractivity contribution in [3.63, 3.8) is 0 Å². The largest absolute Gasteiger partial charge is 0.394 e. The number of aliphatic hydroxyl groups is 11. The first kappa shape index (κ1) is 75.5. The predicted octanol–water partition coefficient (Wildman–Crippen LogP) is 7.49. The van der Waals surface area contributed by atoms with Crippen LogP contribution in [-0.4, -0.2) is 193 Å². The van der Waals surface area contributed by atoms with Gasteiger partial charge in [0.2, 0.25) is 5.91 Å². The number of aliphatic hydroxyl groups excluding tert-OH is 11. The van der Waals surface area contributed by atoms with Gasteiger partial charge in [-0.15, -0.1) is 0 Å². The number of ether oxygens (including phenoxy) is 6. The van der Waals surface area contributed by atoms with Crippen LogP contribution in [0.1, 0.15) is 245 Å². The molecule has 19 nitrogen and oxygen atoms in total. The summed E-state index contributed by atoms with van der Waals surface area (Å²) >= 11 is 0. The Hall–Kier alpha value is -1.73. The minimum Gasteiger partial charge on any atom is -0.394 e. The molecular weight excluding hydrogens is 1070 g/mol. The molecule has 488 valence electrons. The van der Waals surface area contributed by atoms with E-state index in [4.69, 9.17) is 28.4 Å². The molecule has 0 aliphatic carbocycles. The summed E-state index contributed by atoms with van der Waals surface area (Å²) in [5, 5.41) is 120. The number of unbranched alkanes of at least 4 members (excludes halogenated alkanes) is 32. The molecule has 3 heterocycles. The zero-order valence-corrected chi connectivity index (χ0v) is 51.2. The second-order valence-corrected chi connectivity index (χ2v) is 23.9. The maximum atomic E-state index is 13.2. The van der Waals surface area contributed by atoms with Crippen molar-refractivity contribution < 1.29 is 89.4 Å². The predicted molar refractivity (Wildman–Crippen MR) is 319 cm³/mol. The van der Waals surface area contributed by atoms with Gasteiger partial charge in [0, 0.05) is 6.42 Å². The van der Waals surface area contributed by atoms with Gasteiger partial charge >= 0.3 is 0 Å². The Morgan fingerprint density at radius 3 is 1.20 bits per heavy atom. The minimum atomic E-state index is -1.98. The van der Waals surface area contributed by atoms with E-state index in [1.807, 2.05) is 6.08 Å². The van der Waals surface area contributed by atoms with Gasteiger partial charge < -0.3 is 89.9 Å². The topological polar surface area (TPSA) is 307 Å². The number of rotatable bonds is 50. The molecule has 3 aliphatic heterocycles. The molecule has 83 heavy (non-hydrogen) atoms. The highest BCUT2D eigenvalue weighted by Gasteiger charge is 2.53. The lowest BCUT2D eigenvalue weighted by Gasteiger charge is -2.48. The number of carbonyl (C=O) groups is 1. The van der Waals surface area contributed by atoms with Crippen molar-refractivity contribution in [2.45, 2.75) is 349 Å². The first-order valence-electron chi connectivity index (χ1n) is 33.1. The van der Waals surface area contributed by atoms with Crippen molar-refractivity contribution in [1.29, 1.82) is 0 Å². The average molecular weight is 1190 g/mol. The van der Waals surface area contributed by atoms with Crippen LogP contribution in [0.3, 0.4) is 0 Å². The molecule has 3 rings (SSSR count). The van der Waals surface area contributed by atoms with Gasteiger partial charge in [0.15, 0.2) is 18.9 Å². The monoisotopic (exact) mass is 1190 g/mol. The third kappa shape index (κ3) is 30.4. The molecule has 3 saturated heterocycles. The second kappa shape index (κ2) is 47.3. The van der Waals surface area contributed by atoms with Gasteiger partial charge in [0.25, 0.3) is 0 Å². The third-order valence-electron chi connectivity index (χ3n) is 16.8. The zero-order valence-electron chi connectivity index (χ0n) is 51.2. The van der Waals surface area contributed by atoms with Crippen molar-refractivity contribution in [1.82, 2.24) is 5.32 Å². The van der Waals surface area contributed by atoms with Gasteiger partial charge in [-0.05, 0) is 32.1 Å². The van der Waals surface area contributed by atoms with Crippen LogP contribution in [0, 0.1) is 0 Å². The number of carbonyl (C=O) groups excluding carboxylic acids is 1. The van der Waals surface area contributed by atoms with Crippen molar-refractivity contribution in [2.24, 2.45) is 0 Å². The standard InChI is InChI=1S/C64H119NO18/c1-3-5-7-9-11-13-14-15-16-17-18-19-20-21-22-23-24-25-26-27-28-29-30-31-32-33-34-35-37-39-41-48(69)47(65-52(70)42-40-38-36-12-10-8-6-4-2)46-78-62-58(76)55(73)60(50(44-67)80-62)83-64-59(77)56(74)61(51(45-68)81-64)82-63-57(75)54(72)53(71)49(43-66)79-63/h33-34,39,41,47-51,53-64,66-69,71-77H,3-32,35-38,40,42-46H2,1-2H3,(H,65,70)/b34-33+,41-39+.